The number of β-amino-alcohol motifs (C(OH)–C–C–N with tert-alkyl or cyclic N) is 1. The van der Waals surface area contributed by atoms with E-state index in [4.69, 9.17) is 33.0 Å². The number of halogens is 5. The lowest BCUT2D eigenvalue weighted by Crippen LogP contribution is -2.46. The van der Waals surface area contributed by atoms with E-state index in [0.717, 1.165) is 0 Å². The standard InChI is InChI=1S/C13H14Cl2F3NO2/c14-9-3-8(4-10(15)5-9)11-6-19(1-2-21-11)7-12(20)13(16,17)18/h3-5,11-12,20H,1-2,6-7H2. The molecule has 1 aliphatic heterocycles. The minimum absolute atomic E-state index is 0.240. The molecular formula is C13H14Cl2F3NO2. The van der Waals surface area contributed by atoms with Crippen LogP contribution < -0.4 is 0 Å². The van der Waals surface area contributed by atoms with E-state index in [-0.39, 0.29) is 13.2 Å². The minimum Gasteiger partial charge on any atom is -0.382 e. The Hall–Kier alpha value is -0.530. The van der Waals surface area contributed by atoms with Crippen molar-refractivity contribution in [3.63, 3.8) is 0 Å². The zero-order valence-electron chi connectivity index (χ0n) is 10.9. The first-order valence-electron chi connectivity index (χ1n) is 6.30. The molecule has 1 aromatic rings. The number of rotatable bonds is 3. The van der Waals surface area contributed by atoms with Gasteiger partial charge in [0.05, 0.1) is 12.7 Å². The summed E-state index contributed by atoms with van der Waals surface area (Å²) in [6.45, 7) is 0.374. The lowest BCUT2D eigenvalue weighted by Gasteiger charge is -2.34. The van der Waals surface area contributed by atoms with Crippen LogP contribution in [0.3, 0.4) is 0 Å². The summed E-state index contributed by atoms with van der Waals surface area (Å²) in [7, 11) is 0. The molecule has 1 saturated heterocycles. The van der Waals surface area contributed by atoms with Crippen molar-refractivity contribution >= 4 is 23.2 Å². The Morgan fingerprint density at radius 3 is 2.48 bits per heavy atom. The second kappa shape index (κ2) is 6.71. The largest absolute Gasteiger partial charge is 0.415 e. The van der Waals surface area contributed by atoms with Crippen LogP contribution in [0.1, 0.15) is 11.7 Å². The van der Waals surface area contributed by atoms with E-state index < -0.39 is 24.9 Å². The van der Waals surface area contributed by atoms with Gasteiger partial charge in [-0.05, 0) is 23.8 Å². The molecule has 0 spiro atoms. The fourth-order valence-corrected chi connectivity index (χ4v) is 2.72. The Morgan fingerprint density at radius 2 is 1.90 bits per heavy atom. The summed E-state index contributed by atoms with van der Waals surface area (Å²) in [5, 5.41) is 10.0. The van der Waals surface area contributed by atoms with Gasteiger partial charge >= 0.3 is 6.18 Å². The third-order valence-corrected chi connectivity index (χ3v) is 3.65. The van der Waals surface area contributed by atoms with Crippen LogP contribution in [0.25, 0.3) is 0 Å². The normalized spacial score (nSPS) is 22.3. The summed E-state index contributed by atoms with van der Waals surface area (Å²) < 4.78 is 42.7. The fraction of sp³-hybridized carbons (Fsp3) is 0.538. The number of benzene rings is 1. The average Bonchev–Trinajstić information content (AvgIpc) is 2.36. The molecule has 2 atom stereocenters. The van der Waals surface area contributed by atoms with E-state index in [1.807, 2.05) is 0 Å². The van der Waals surface area contributed by atoms with Crippen LogP contribution >= 0.6 is 23.2 Å². The Morgan fingerprint density at radius 1 is 1.29 bits per heavy atom. The number of aliphatic hydroxyl groups is 1. The van der Waals surface area contributed by atoms with Gasteiger partial charge in [-0.25, -0.2) is 0 Å². The highest BCUT2D eigenvalue weighted by Crippen LogP contribution is 2.29. The molecule has 0 saturated carbocycles. The number of aliphatic hydroxyl groups excluding tert-OH is 1. The van der Waals surface area contributed by atoms with Crippen LogP contribution in [0.4, 0.5) is 13.2 Å². The van der Waals surface area contributed by atoms with E-state index >= 15 is 0 Å². The molecule has 0 radical (unpaired) electrons. The van der Waals surface area contributed by atoms with Gasteiger partial charge in [-0.15, -0.1) is 0 Å². The van der Waals surface area contributed by atoms with Gasteiger partial charge in [0.15, 0.2) is 6.10 Å². The molecule has 0 aliphatic carbocycles. The highest BCUT2D eigenvalue weighted by atomic mass is 35.5. The van der Waals surface area contributed by atoms with Gasteiger partial charge in [0.1, 0.15) is 0 Å². The lowest BCUT2D eigenvalue weighted by atomic mass is 10.1. The predicted molar refractivity (Wildman–Crippen MR) is 73.7 cm³/mol. The number of ether oxygens (including phenoxy) is 1. The molecule has 1 aliphatic rings. The first kappa shape index (κ1) is 16.8. The quantitative estimate of drug-likeness (QED) is 0.914. The second-order valence-corrected chi connectivity index (χ2v) is 5.75. The first-order chi connectivity index (χ1) is 9.75. The Labute approximate surface area is 130 Å². The highest BCUT2D eigenvalue weighted by Gasteiger charge is 2.39. The van der Waals surface area contributed by atoms with Crippen LogP contribution in [-0.2, 0) is 4.74 Å². The van der Waals surface area contributed by atoms with Gasteiger partial charge < -0.3 is 9.84 Å². The average molecular weight is 344 g/mol. The molecule has 1 aromatic carbocycles. The molecule has 0 aromatic heterocycles. The van der Waals surface area contributed by atoms with Crippen molar-refractivity contribution in [2.45, 2.75) is 18.4 Å². The number of hydrogen-bond donors (Lipinski definition) is 1. The van der Waals surface area contributed by atoms with Crippen molar-refractivity contribution in [2.24, 2.45) is 0 Å². The first-order valence-corrected chi connectivity index (χ1v) is 7.06. The Bertz CT molecular complexity index is 479. The second-order valence-electron chi connectivity index (χ2n) is 4.88. The smallest absolute Gasteiger partial charge is 0.382 e. The van der Waals surface area contributed by atoms with Crippen molar-refractivity contribution in [1.82, 2.24) is 4.90 Å². The van der Waals surface area contributed by atoms with Gasteiger partial charge in [0, 0.05) is 29.7 Å². The van der Waals surface area contributed by atoms with Crippen molar-refractivity contribution in [1.29, 1.82) is 0 Å². The van der Waals surface area contributed by atoms with E-state index in [0.29, 0.717) is 22.2 Å². The van der Waals surface area contributed by atoms with Gasteiger partial charge in [0.2, 0.25) is 0 Å². The van der Waals surface area contributed by atoms with Crippen molar-refractivity contribution in [3.05, 3.63) is 33.8 Å². The number of alkyl halides is 3. The van der Waals surface area contributed by atoms with Crippen molar-refractivity contribution in [2.75, 3.05) is 26.2 Å². The topological polar surface area (TPSA) is 32.7 Å². The summed E-state index contributed by atoms with van der Waals surface area (Å²) in [6.07, 6.45) is -7.40. The van der Waals surface area contributed by atoms with Gasteiger partial charge in [0.25, 0.3) is 0 Å². The van der Waals surface area contributed by atoms with Crippen LogP contribution in [0.2, 0.25) is 10.0 Å². The van der Waals surface area contributed by atoms with E-state index in [1.165, 1.54) is 4.90 Å². The summed E-state index contributed by atoms with van der Waals surface area (Å²) in [5.74, 6) is 0. The van der Waals surface area contributed by atoms with Gasteiger partial charge in [-0.3, -0.25) is 4.90 Å². The molecule has 1 N–H and O–H groups in total. The summed E-state index contributed by atoms with van der Waals surface area (Å²) in [6, 6.07) is 4.91. The van der Waals surface area contributed by atoms with Crippen molar-refractivity contribution in [3.8, 4) is 0 Å². The zero-order chi connectivity index (χ0) is 15.6. The molecule has 1 heterocycles. The van der Waals surface area contributed by atoms with E-state index in [1.54, 1.807) is 18.2 Å². The van der Waals surface area contributed by atoms with Gasteiger partial charge in [-0.2, -0.15) is 13.2 Å². The molecule has 118 valence electrons. The van der Waals surface area contributed by atoms with Crippen LogP contribution in [0.15, 0.2) is 18.2 Å². The monoisotopic (exact) mass is 343 g/mol. The molecule has 2 rings (SSSR count). The number of hydrogen-bond acceptors (Lipinski definition) is 3. The molecule has 2 unspecified atom stereocenters. The third-order valence-electron chi connectivity index (χ3n) is 3.22. The van der Waals surface area contributed by atoms with Crippen molar-refractivity contribution < 1.29 is 23.0 Å². The zero-order valence-corrected chi connectivity index (χ0v) is 12.4. The number of morpholine rings is 1. The third kappa shape index (κ3) is 4.72. The Kier molecular flexibility index (Phi) is 5.38. The predicted octanol–water partition coefficient (Wildman–Crippen LogP) is 3.29. The maximum atomic E-state index is 12.4. The summed E-state index contributed by atoms with van der Waals surface area (Å²) >= 11 is 11.8. The number of nitrogens with zero attached hydrogens (tertiary/aromatic N) is 1. The molecule has 1 fully saturated rings. The summed E-state index contributed by atoms with van der Waals surface area (Å²) in [4.78, 5) is 1.52. The SMILES string of the molecule is OC(CN1CCOC(c2cc(Cl)cc(Cl)c2)C1)C(F)(F)F. The van der Waals surface area contributed by atoms with E-state index in [2.05, 4.69) is 0 Å². The van der Waals surface area contributed by atoms with Crippen LogP contribution in [0, 0.1) is 0 Å². The molecule has 3 nitrogen and oxygen atoms in total. The van der Waals surface area contributed by atoms with Crippen LogP contribution in [-0.4, -0.2) is 48.5 Å². The van der Waals surface area contributed by atoms with E-state index in [9.17, 15) is 13.2 Å². The summed E-state index contributed by atoms with van der Waals surface area (Å²) in [5.41, 5.74) is 0.707. The minimum atomic E-state index is -4.62. The fourth-order valence-electron chi connectivity index (χ4n) is 2.18. The molecule has 0 bridgehead atoms. The molecule has 8 heteroatoms. The maximum absolute atomic E-state index is 12.4. The van der Waals surface area contributed by atoms with Crippen LogP contribution in [0.5, 0.6) is 0 Å². The van der Waals surface area contributed by atoms with Gasteiger partial charge in [-0.1, -0.05) is 23.2 Å². The molecule has 0 amide bonds. The molecular weight excluding hydrogens is 330 g/mol. The Balaban J connectivity index is 2.03. The lowest BCUT2D eigenvalue weighted by molar-refractivity contribution is -0.211. The highest BCUT2D eigenvalue weighted by molar-refractivity contribution is 6.34. The molecule has 21 heavy (non-hydrogen) atoms. The maximum Gasteiger partial charge on any atom is 0.415 e.